The fourth-order valence-corrected chi connectivity index (χ4v) is 2.60. The van der Waals surface area contributed by atoms with Gasteiger partial charge in [-0.2, -0.15) is 0 Å². The van der Waals surface area contributed by atoms with Gasteiger partial charge < -0.3 is 10.8 Å². The Kier molecular flexibility index (Phi) is 3.56. The van der Waals surface area contributed by atoms with E-state index in [1.165, 1.54) is 12.6 Å². The van der Waals surface area contributed by atoms with Gasteiger partial charge in [0.05, 0.1) is 5.69 Å². The molecule has 1 saturated carbocycles. The lowest BCUT2D eigenvalue weighted by Crippen LogP contribution is -2.24. The van der Waals surface area contributed by atoms with Crippen LogP contribution in [0, 0.1) is 5.92 Å². The Bertz CT molecular complexity index is 402. The van der Waals surface area contributed by atoms with Crippen LogP contribution in [0.3, 0.4) is 0 Å². The van der Waals surface area contributed by atoms with E-state index in [9.17, 15) is 9.90 Å². The van der Waals surface area contributed by atoms with Gasteiger partial charge in [-0.15, -0.1) is 0 Å². The summed E-state index contributed by atoms with van der Waals surface area (Å²) in [5, 5.41) is 9.37. The number of nitrogens with zero attached hydrogens (tertiary/aromatic N) is 2. The van der Waals surface area contributed by atoms with E-state index in [1.54, 1.807) is 6.07 Å². The van der Waals surface area contributed by atoms with Gasteiger partial charge in [0, 0.05) is 6.20 Å². The number of carbonyl (C=O) groups is 1. The number of hydrogen-bond donors (Lipinski definition) is 2. The molecule has 2 rings (SSSR count). The van der Waals surface area contributed by atoms with Crippen LogP contribution in [0.5, 0.6) is 0 Å². The quantitative estimate of drug-likeness (QED) is 0.834. The van der Waals surface area contributed by atoms with E-state index in [4.69, 9.17) is 5.73 Å². The molecule has 1 aliphatic carbocycles. The van der Waals surface area contributed by atoms with Gasteiger partial charge >= 0.3 is 5.97 Å². The Morgan fingerprint density at radius 2 is 2.12 bits per heavy atom. The molecule has 0 aliphatic heterocycles. The molecule has 0 aromatic carbocycles. The Morgan fingerprint density at radius 1 is 1.41 bits per heavy atom. The third kappa shape index (κ3) is 2.72. The Hall–Kier alpha value is -1.65. The van der Waals surface area contributed by atoms with E-state index >= 15 is 0 Å². The highest BCUT2D eigenvalue weighted by molar-refractivity contribution is 5.75. The molecule has 1 aliphatic rings. The summed E-state index contributed by atoms with van der Waals surface area (Å²) in [6.07, 6.45) is 6.86. The number of carboxylic acids is 1. The molecule has 1 atom stereocenters. The van der Waals surface area contributed by atoms with E-state index in [0.29, 0.717) is 5.69 Å². The van der Waals surface area contributed by atoms with E-state index in [-0.39, 0.29) is 11.9 Å². The lowest BCUT2D eigenvalue weighted by Gasteiger charge is -2.27. The molecule has 92 valence electrons. The van der Waals surface area contributed by atoms with E-state index in [0.717, 1.165) is 25.7 Å². The zero-order chi connectivity index (χ0) is 12.3. The summed E-state index contributed by atoms with van der Waals surface area (Å²) in [6.45, 7) is 0. The summed E-state index contributed by atoms with van der Waals surface area (Å²) in [5.41, 5.74) is 6.05. The van der Waals surface area contributed by atoms with Crippen molar-refractivity contribution in [3.63, 3.8) is 0 Å². The van der Waals surface area contributed by atoms with Crippen LogP contribution in [-0.2, 0) is 4.79 Å². The molecule has 1 aromatic rings. The van der Waals surface area contributed by atoms with Gasteiger partial charge in [-0.05, 0) is 24.8 Å². The van der Waals surface area contributed by atoms with Gasteiger partial charge in [-0.3, -0.25) is 4.79 Å². The fourth-order valence-electron chi connectivity index (χ4n) is 2.60. The first-order chi connectivity index (χ1) is 8.18. The smallest absolute Gasteiger partial charge is 0.312 e. The number of aromatic nitrogens is 2. The molecule has 5 heteroatoms. The second kappa shape index (κ2) is 5.12. The summed E-state index contributed by atoms with van der Waals surface area (Å²) in [7, 11) is 0. The highest BCUT2D eigenvalue weighted by Gasteiger charge is 2.31. The van der Waals surface area contributed by atoms with Crippen LogP contribution in [0.2, 0.25) is 0 Å². The normalized spacial score (nSPS) is 18.8. The fraction of sp³-hybridized carbons (Fsp3) is 0.583. The lowest BCUT2D eigenvalue weighted by atomic mass is 9.78. The summed E-state index contributed by atoms with van der Waals surface area (Å²) >= 11 is 0. The van der Waals surface area contributed by atoms with Crippen molar-refractivity contribution < 1.29 is 9.90 Å². The number of carboxylic acid groups (broad SMARTS) is 1. The van der Waals surface area contributed by atoms with Gasteiger partial charge in [0.25, 0.3) is 0 Å². The second-order valence-corrected chi connectivity index (χ2v) is 4.55. The van der Waals surface area contributed by atoms with Crippen molar-refractivity contribution in [3.05, 3.63) is 18.0 Å². The molecule has 3 N–H and O–H groups in total. The third-order valence-corrected chi connectivity index (χ3v) is 3.40. The van der Waals surface area contributed by atoms with Gasteiger partial charge in [0.1, 0.15) is 5.92 Å². The minimum Gasteiger partial charge on any atom is -0.481 e. The predicted molar refractivity (Wildman–Crippen MR) is 63.4 cm³/mol. The maximum Gasteiger partial charge on any atom is 0.312 e. The van der Waals surface area contributed by atoms with Crippen molar-refractivity contribution in [1.82, 2.24) is 9.97 Å². The number of nitrogens with two attached hydrogens (primary N) is 1. The number of aliphatic carboxylic acids is 1. The molecule has 1 aromatic heterocycles. The van der Waals surface area contributed by atoms with Gasteiger partial charge in [0.2, 0.25) is 5.95 Å². The average molecular weight is 235 g/mol. The SMILES string of the molecule is Nc1nccc(C(C(=O)O)C2CCCCC2)n1. The second-order valence-electron chi connectivity index (χ2n) is 4.55. The van der Waals surface area contributed by atoms with Gasteiger partial charge in [0.15, 0.2) is 0 Å². The van der Waals surface area contributed by atoms with Crippen LogP contribution in [0.15, 0.2) is 12.3 Å². The Morgan fingerprint density at radius 3 is 2.71 bits per heavy atom. The zero-order valence-corrected chi connectivity index (χ0v) is 9.67. The lowest BCUT2D eigenvalue weighted by molar-refractivity contribution is -0.140. The molecule has 0 amide bonds. The minimum absolute atomic E-state index is 0.143. The summed E-state index contributed by atoms with van der Waals surface area (Å²) in [6, 6.07) is 1.66. The van der Waals surface area contributed by atoms with Crippen LogP contribution in [0.4, 0.5) is 5.95 Å². The molecule has 1 heterocycles. The van der Waals surface area contributed by atoms with Crippen molar-refractivity contribution in [3.8, 4) is 0 Å². The third-order valence-electron chi connectivity index (χ3n) is 3.40. The predicted octanol–water partition coefficient (Wildman–Crippen LogP) is 1.81. The molecule has 17 heavy (non-hydrogen) atoms. The van der Waals surface area contributed by atoms with Crippen molar-refractivity contribution in [1.29, 1.82) is 0 Å². The molecular weight excluding hydrogens is 218 g/mol. The van der Waals surface area contributed by atoms with Gasteiger partial charge in [-0.1, -0.05) is 19.3 Å². The molecule has 0 radical (unpaired) electrons. The van der Waals surface area contributed by atoms with Gasteiger partial charge in [-0.25, -0.2) is 9.97 Å². The Labute approximate surface area is 100 Å². The number of nitrogen functional groups attached to an aromatic ring is 1. The van der Waals surface area contributed by atoms with Crippen molar-refractivity contribution in [2.45, 2.75) is 38.0 Å². The monoisotopic (exact) mass is 235 g/mol. The van der Waals surface area contributed by atoms with E-state index < -0.39 is 11.9 Å². The van der Waals surface area contributed by atoms with Crippen molar-refractivity contribution in [2.24, 2.45) is 5.92 Å². The molecule has 1 fully saturated rings. The highest BCUT2D eigenvalue weighted by atomic mass is 16.4. The molecule has 0 bridgehead atoms. The maximum absolute atomic E-state index is 11.4. The minimum atomic E-state index is -0.810. The largest absolute Gasteiger partial charge is 0.481 e. The molecule has 0 saturated heterocycles. The van der Waals surface area contributed by atoms with Crippen LogP contribution in [0.1, 0.15) is 43.7 Å². The van der Waals surface area contributed by atoms with Crippen LogP contribution in [0.25, 0.3) is 0 Å². The average Bonchev–Trinajstić information content (AvgIpc) is 2.30. The number of anilines is 1. The van der Waals surface area contributed by atoms with E-state index in [2.05, 4.69) is 9.97 Å². The summed E-state index contributed by atoms with van der Waals surface area (Å²) in [4.78, 5) is 19.3. The van der Waals surface area contributed by atoms with Crippen molar-refractivity contribution >= 4 is 11.9 Å². The maximum atomic E-state index is 11.4. The Balaban J connectivity index is 2.25. The zero-order valence-electron chi connectivity index (χ0n) is 9.67. The topological polar surface area (TPSA) is 89.1 Å². The summed E-state index contributed by atoms with van der Waals surface area (Å²) in [5.74, 6) is -1.03. The molecule has 1 unspecified atom stereocenters. The van der Waals surface area contributed by atoms with E-state index in [1.807, 2.05) is 0 Å². The number of hydrogen-bond acceptors (Lipinski definition) is 4. The molecule has 0 spiro atoms. The number of rotatable bonds is 3. The first-order valence-corrected chi connectivity index (χ1v) is 5.99. The van der Waals surface area contributed by atoms with Crippen molar-refractivity contribution in [2.75, 3.05) is 5.73 Å². The van der Waals surface area contributed by atoms with Crippen LogP contribution < -0.4 is 5.73 Å². The van der Waals surface area contributed by atoms with Crippen LogP contribution >= 0.6 is 0 Å². The summed E-state index contributed by atoms with van der Waals surface area (Å²) < 4.78 is 0. The first kappa shape index (κ1) is 11.8. The molecular formula is C12H17N3O2. The first-order valence-electron chi connectivity index (χ1n) is 5.99. The standard InChI is InChI=1S/C12H17N3O2/c13-12-14-7-6-9(15-12)10(11(16)17)8-4-2-1-3-5-8/h6-8,10H,1-5H2,(H,16,17)(H2,13,14,15). The molecule has 5 nitrogen and oxygen atoms in total. The van der Waals surface area contributed by atoms with Crippen LogP contribution in [-0.4, -0.2) is 21.0 Å². The highest BCUT2D eigenvalue weighted by Crippen LogP contribution is 2.35.